The van der Waals surface area contributed by atoms with Gasteiger partial charge in [-0.25, -0.2) is 0 Å². The number of carbonyl (C=O) groups is 1. The summed E-state index contributed by atoms with van der Waals surface area (Å²) >= 11 is 0. The molecule has 0 bridgehead atoms. The molecule has 0 aromatic heterocycles. The average Bonchev–Trinajstić information content (AvgIpc) is 2.63. The van der Waals surface area contributed by atoms with Crippen molar-refractivity contribution < 1.29 is 14.6 Å². The molecule has 3 heteroatoms. The maximum Gasteiger partial charge on any atom is 0.307 e. The minimum absolute atomic E-state index is 0.464. The minimum Gasteiger partial charge on any atom is -0.481 e. The van der Waals surface area contributed by atoms with E-state index in [0.717, 1.165) is 16.9 Å². The van der Waals surface area contributed by atoms with Gasteiger partial charge in [0.25, 0.3) is 0 Å². The quantitative estimate of drug-likeness (QED) is 0.665. The van der Waals surface area contributed by atoms with Gasteiger partial charge in [-0.15, -0.1) is 0 Å². The van der Waals surface area contributed by atoms with Gasteiger partial charge in [-0.1, -0.05) is 60.7 Å². The fraction of sp³-hybridized carbons (Fsp3) is 0.136. The molecule has 1 N–H and O–H groups in total. The Kier molecular flexibility index (Phi) is 5.47. The van der Waals surface area contributed by atoms with Crippen LogP contribution in [0.25, 0.3) is 0 Å². The second-order valence-corrected chi connectivity index (χ2v) is 5.99. The predicted octanol–water partition coefficient (Wildman–Crippen LogP) is 4.96. The van der Waals surface area contributed by atoms with E-state index in [1.165, 1.54) is 0 Å². The molecule has 0 radical (unpaired) electrons. The Morgan fingerprint density at radius 1 is 0.760 bits per heavy atom. The van der Waals surface area contributed by atoms with Gasteiger partial charge in [-0.2, -0.15) is 0 Å². The van der Waals surface area contributed by atoms with E-state index in [4.69, 9.17) is 4.74 Å². The molecular formula is C22H20O3. The maximum absolute atomic E-state index is 11.7. The van der Waals surface area contributed by atoms with Gasteiger partial charge < -0.3 is 9.84 Å². The molecule has 0 saturated heterocycles. The van der Waals surface area contributed by atoms with Crippen molar-refractivity contribution in [1.29, 1.82) is 0 Å². The van der Waals surface area contributed by atoms with Gasteiger partial charge in [-0.3, -0.25) is 4.79 Å². The number of aliphatic carboxylic acids is 1. The Morgan fingerprint density at radius 3 is 2.00 bits per heavy atom. The highest BCUT2D eigenvalue weighted by molar-refractivity contribution is 5.71. The number of ether oxygens (including phenoxy) is 1. The van der Waals surface area contributed by atoms with Crippen molar-refractivity contribution in [2.24, 2.45) is 5.92 Å². The van der Waals surface area contributed by atoms with E-state index >= 15 is 0 Å². The number of carboxylic acid groups (broad SMARTS) is 1. The number of para-hydroxylation sites is 1. The summed E-state index contributed by atoms with van der Waals surface area (Å²) in [6, 6.07) is 26.9. The molecule has 25 heavy (non-hydrogen) atoms. The van der Waals surface area contributed by atoms with Gasteiger partial charge in [0.05, 0.1) is 5.92 Å². The van der Waals surface area contributed by atoms with E-state index in [0.29, 0.717) is 18.6 Å². The zero-order chi connectivity index (χ0) is 17.5. The molecule has 0 fully saturated rings. The van der Waals surface area contributed by atoms with Crippen molar-refractivity contribution in [3.63, 3.8) is 0 Å². The first-order valence-electron chi connectivity index (χ1n) is 8.29. The first-order chi connectivity index (χ1) is 12.2. The van der Waals surface area contributed by atoms with Gasteiger partial charge in [0.15, 0.2) is 0 Å². The molecule has 0 aliphatic carbocycles. The zero-order valence-corrected chi connectivity index (χ0v) is 13.8. The summed E-state index contributed by atoms with van der Waals surface area (Å²) in [5.74, 6) is 0.235. The second kappa shape index (κ2) is 8.15. The normalized spacial score (nSPS) is 11.7. The molecule has 3 nitrogen and oxygen atoms in total. The number of carboxylic acids is 1. The monoisotopic (exact) mass is 332 g/mol. The third-order valence-electron chi connectivity index (χ3n) is 4.03. The third-order valence-corrected chi connectivity index (χ3v) is 4.03. The molecule has 0 amide bonds. The van der Waals surface area contributed by atoms with Gasteiger partial charge in [-0.05, 0) is 48.2 Å². The fourth-order valence-electron chi connectivity index (χ4n) is 2.79. The highest BCUT2D eigenvalue weighted by Gasteiger charge is 2.19. The summed E-state index contributed by atoms with van der Waals surface area (Å²) in [6.07, 6.45) is 0.982. The van der Waals surface area contributed by atoms with Crippen LogP contribution in [0.5, 0.6) is 11.5 Å². The minimum atomic E-state index is -0.779. The van der Waals surface area contributed by atoms with Crippen molar-refractivity contribution in [2.75, 3.05) is 0 Å². The van der Waals surface area contributed by atoms with E-state index < -0.39 is 11.9 Å². The summed E-state index contributed by atoms with van der Waals surface area (Å²) in [7, 11) is 0. The summed E-state index contributed by atoms with van der Waals surface area (Å²) in [5.41, 5.74) is 1.99. The van der Waals surface area contributed by atoms with Gasteiger partial charge in [0, 0.05) is 0 Å². The molecule has 0 saturated carbocycles. The van der Waals surface area contributed by atoms with E-state index in [9.17, 15) is 9.90 Å². The number of rotatable bonds is 7. The molecule has 126 valence electrons. The van der Waals surface area contributed by atoms with E-state index in [-0.39, 0.29) is 0 Å². The van der Waals surface area contributed by atoms with Crippen molar-refractivity contribution >= 4 is 5.97 Å². The second-order valence-electron chi connectivity index (χ2n) is 5.99. The highest BCUT2D eigenvalue weighted by atomic mass is 16.5. The summed E-state index contributed by atoms with van der Waals surface area (Å²) in [5, 5.41) is 9.57. The van der Waals surface area contributed by atoms with Crippen LogP contribution in [0, 0.1) is 5.92 Å². The summed E-state index contributed by atoms with van der Waals surface area (Å²) < 4.78 is 5.83. The molecule has 3 aromatic carbocycles. The molecule has 3 rings (SSSR count). The van der Waals surface area contributed by atoms with Gasteiger partial charge in [0.2, 0.25) is 0 Å². The van der Waals surface area contributed by atoms with E-state index in [1.807, 2.05) is 84.9 Å². The Balaban J connectivity index is 1.72. The van der Waals surface area contributed by atoms with Crippen LogP contribution in [-0.4, -0.2) is 11.1 Å². The zero-order valence-electron chi connectivity index (χ0n) is 13.8. The summed E-state index contributed by atoms with van der Waals surface area (Å²) in [4.78, 5) is 11.7. The lowest BCUT2D eigenvalue weighted by atomic mass is 9.92. The number of hydrogen-bond acceptors (Lipinski definition) is 2. The van der Waals surface area contributed by atoms with Crippen LogP contribution in [0.15, 0.2) is 84.9 Å². The third kappa shape index (κ3) is 4.95. The fourth-order valence-corrected chi connectivity index (χ4v) is 2.79. The lowest BCUT2D eigenvalue weighted by molar-refractivity contribution is -0.141. The van der Waals surface area contributed by atoms with Crippen molar-refractivity contribution in [1.82, 2.24) is 0 Å². The molecular weight excluding hydrogens is 312 g/mol. The lowest BCUT2D eigenvalue weighted by Crippen LogP contribution is -2.19. The number of benzene rings is 3. The highest BCUT2D eigenvalue weighted by Crippen LogP contribution is 2.24. The smallest absolute Gasteiger partial charge is 0.307 e. The topological polar surface area (TPSA) is 46.5 Å². The van der Waals surface area contributed by atoms with Crippen LogP contribution in [0.3, 0.4) is 0 Å². The van der Waals surface area contributed by atoms with Gasteiger partial charge in [0.1, 0.15) is 11.5 Å². The van der Waals surface area contributed by atoms with Crippen molar-refractivity contribution in [2.45, 2.75) is 12.8 Å². The molecule has 0 spiro atoms. The molecule has 1 atom stereocenters. The van der Waals surface area contributed by atoms with Crippen LogP contribution < -0.4 is 4.74 Å². The molecule has 0 heterocycles. The van der Waals surface area contributed by atoms with Crippen LogP contribution >= 0.6 is 0 Å². The molecule has 0 aliphatic rings. The Morgan fingerprint density at radius 2 is 1.32 bits per heavy atom. The van der Waals surface area contributed by atoms with Crippen LogP contribution in [0.1, 0.15) is 11.1 Å². The van der Waals surface area contributed by atoms with Crippen LogP contribution in [0.2, 0.25) is 0 Å². The Bertz CT molecular complexity index is 813. The lowest BCUT2D eigenvalue weighted by Gasteiger charge is -2.13. The van der Waals surface area contributed by atoms with Crippen molar-refractivity contribution in [3.05, 3.63) is 96.1 Å². The van der Waals surface area contributed by atoms with Crippen LogP contribution in [0.4, 0.5) is 0 Å². The molecule has 0 aliphatic heterocycles. The standard InChI is InChI=1S/C22H20O3/c23-22(24)19(14-17-8-3-1-4-9-17)15-18-10-7-13-21(16-18)25-20-11-5-2-6-12-20/h1-13,16,19H,14-15H2,(H,23,24). The SMILES string of the molecule is O=C(O)C(Cc1ccccc1)Cc1cccc(Oc2ccccc2)c1. The first kappa shape index (κ1) is 16.8. The Labute approximate surface area is 147 Å². The van der Waals surface area contributed by atoms with Crippen LogP contribution in [-0.2, 0) is 17.6 Å². The summed E-state index contributed by atoms with van der Waals surface area (Å²) in [6.45, 7) is 0. The average molecular weight is 332 g/mol. The number of hydrogen-bond donors (Lipinski definition) is 1. The maximum atomic E-state index is 11.7. The molecule has 1 unspecified atom stereocenters. The van der Waals surface area contributed by atoms with Gasteiger partial charge >= 0.3 is 5.97 Å². The predicted molar refractivity (Wildman–Crippen MR) is 97.9 cm³/mol. The van der Waals surface area contributed by atoms with E-state index in [1.54, 1.807) is 0 Å². The first-order valence-corrected chi connectivity index (χ1v) is 8.29. The largest absolute Gasteiger partial charge is 0.481 e. The Hall–Kier alpha value is -3.07. The van der Waals surface area contributed by atoms with Crippen molar-refractivity contribution in [3.8, 4) is 11.5 Å². The molecule has 3 aromatic rings. The van der Waals surface area contributed by atoms with E-state index in [2.05, 4.69) is 0 Å².